The van der Waals surface area contributed by atoms with Gasteiger partial charge in [-0.05, 0) is 12.1 Å². The second-order valence-corrected chi connectivity index (χ2v) is 4.25. The van der Waals surface area contributed by atoms with Gasteiger partial charge in [0.05, 0.1) is 17.7 Å². The molecule has 6 nitrogen and oxygen atoms in total. The van der Waals surface area contributed by atoms with E-state index in [9.17, 15) is 13.6 Å². The van der Waals surface area contributed by atoms with Gasteiger partial charge in [-0.2, -0.15) is 0 Å². The van der Waals surface area contributed by atoms with Crippen LogP contribution in [0.4, 0.5) is 14.6 Å². The zero-order chi connectivity index (χ0) is 15.7. The number of nitrogen functional groups attached to an aromatic ring is 1. The Morgan fingerprint density at radius 2 is 2.00 bits per heavy atom. The van der Waals surface area contributed by atoms with Crippen molar-refractivity contribution in [1.82, 2.24) is 9.97 Å². The highest BCUT2D eigenvalue weighted by molar-refractivity contribution is 6.30. The van der Waals surface area contributed by atoms with E-state index in [-0.39, 0.29) is 17.1 Å². The largest absolute Gasteiger partial charge is 0.491 e. The van der Waals surface area contributed by atoms with E-state index < -0.39 is 34.1 Å². The Hall–Kier alpha value is -2.48. The first-order valence-electron chi connectivity index (χ1n) is 5.45. The summed E-state index contributed by atoms with van der Waals surface area (Å²) in [5, 5.41) is 8.63. The fourth-order valence-corrected chi connectivity index (χ4v) is 1.78. The van der Waals surface area contributed by atoms with Gasteiger partial charge in [-0.1, -0.05) is 11.6 Å². The van der Waals surface area contributed by atoms with Crippen LogP contribution in [-0.4, -0.2) is 28.2 Å². The SMILES string of the molecule is COc1c(N)nc(-c2ccc(Cl)c(F)c2F)nc1C(=O)O. The number of halogens is 3. The summed E-state index contributed by atoms with van der Waals surface area (Å²) in [5.74, 6) is -5.00. The number of hydrogen-bond acceptors (Lipinski definition) is 5. The van der Waals surface area contributed by atoms with Crippen molar-refractivity contribution >= 4 is 23.4 Å². The molecule has 0 saturated heterocycles. The molecule has 9 heteroatoms. The fourth-order valence-electron chi connectivity index (χ4n) is 1.63. The lowest BCUT2D eigenvalue weighted by molar-refractivity contribution is 0.0686. The molecule has 0 atom stereocenters. The van der Waals surface area contributed by atoms with Gasteiger partial charge in [0, 0.05) is 0 Å². The third-order valence-corrected chi connectivity index (χ3v) is 2.87. The molecule has 1 aromatic carbocycles. The molecule has 3 N–H and O–H groups in total. The fraction of sp³-hybridized carbons (Fsp3) is 0.0833. The number of carbonyl (C=O) groups is 1. The first kappa shape index (κ1) is 14.9. The van der Waals surface area contributed by atoms with Gasteiger partial charge in [-0.3, -0.25) is 0 Å². The highest BCUT2D eigenvalue weighted by Gasteiger charge is 2.22. The maximum Gasteiger partial charge on any atom is 0.358 e. The van der Waals surface area contributed by atoms with Gasteiger partial charge in [-0.15, -0.1) is 0 Å². The van der Waals surface area contributed by atoms with Crippen molar-refractivity contribution in [3.8, 4) is 17.1 Å². The number of carboxylic acids is 1. The van der Waals surface area contributed by atoms with Gasteiger partial charge in [0.2, 0.25) is 0 Å². The summed E-state index contributed by atoms with van der Waals surface area (Å²) in [5.41, 5.74) is 4.62. The Kier molecular flexibility index (Phi) is 3.90. The van der Waals surface area contributed by atoms with Crippen molar-refractivity contribution in [1.29, 1.82) is 0 Å². The topological polar surface area (TPSA) is 98.3 Å². The van der Waals surface area contributed by atoms with E-state index >= 15 is 0 Å². The van der Waals surface area contributed by atoms with Gasteiger partial charge >= 0.3 is 5.97 Å². The Labute approximate surface area is 122 Å². The van der Waals surface area contributed by atoms with E-state index in [1.165, 1.54) is 7.11 Å². The number of hydrogen-bond donors (Lipinski definition) is 2. The van der Waals surface area contributed by atoms with Crippen molar-refractivity contribution in [2.75, 3.05) is 12.8 Å². The average molecular weight is 316 g/mol. The molecular weight excluding hydrogens is 308 g/mol. The van der Waals surface area contributed by atoms with Crippen LogP contribution < -0.4 is 10.5 Å². The van der Waals surface area contributed by atoms with Crippen LogP contribution in [0.5, 0.6) is 5.75 Å². The van der Waals surface area contributed by atoms with Crippen LogP contribution in [0.15, 0.2) is 12.1 Å². The third-order valence-electron chi connectivity index (χ3n) is 2.57. The Morgan fingerprint density at radius 1 is 1.33 bits per heavy atom. The van der Waals surface area contributed by atoms with Crippen LogP contribution in [-0.2, 0) is 0 Å². The van der Waals surface area contributed by atoms with Crippen LogP contribution in [0.1, 0.15) is 10.5 Å². The molecule has 21 heavy (non-hydrogen) atoms. The Bertz CT molecular complexity index is 740. The molecule has 0 bridgehead atoms. The minimum Gasteiger partial charge on any atom is -0.491 e. The number of aromatic carboxylic acids is 1. The van der Waals surface area contributed by atoms with E-state index in [0.29, 0.717) is 0 Å². The summed E-state index contributed by atoms with van der Waals surface area (Å²) in [7, 11) is 1.18. The minimum absolute atomic E-state index is 0.263. The number of carboxylic acid groups (broad SMARTS) is 1. The number of nitrogens with zero attached hydrogens (tertiary/aromatic N) is 2. The molecule has 0 radical (unpaired) electrons. The van der Waals surface area contributed by atoms with E-state index in [1.54, 1.807) is 0 Å². The maximum absolute atomic E-state index is 13.8. The van der Waals surface area contributed by atoms with Gasteiger partial charge in [-0.25, -0.2) is 23.5 Å². The number of rotatable bonds is 3. The van der Waals surface area contributed by atoms with Gasteiger partial charge in [0.25, 0.3) is 0 Å². The highest BCUT2D eigenvalue weighted by atomic mass is 35.5. The molecule has 0 unspecified atom stereocenters. The monoisotopic (exact) mass is 315 g/mol. The molecule has 0 amide bonds. The molecule has 0 aliphatic heterocycles. The van der Waals surface area contributed by atoms with Crippen LogP contribution in [0, 0.1) is 11.6 Å². The highest BCUT2D eigenvalue weighted by Crippen LogP contribution is 2.30. The van der Waals surface area contributed by atoms with E-state index in [4.69, 9.17) is 27.2 Å². The van der Waals surface area contributed by atoms with E-state index in [0.717, 1.165) is 12.1 Å². The van der Waals surface area contributed by atoms with Crippen molar-refractivity contribution in [2.45, 2.75) is 0 Å². The lowest BCUT2D eigenvalue weighted by Crippen LogP contribution is -2.10. The van der Waals surface area contributed by atoms with Crippen LogP contribution >= 0.6 is 11.6 Å². The summed E-state index contributed by atoms with van der Waals surface area (Å²) in [4.78, 5) is 18.5. The standard InChI is InChI=1S/C12H8ClF2N3O3/c1-21-9-8(12(19)20)17-11(18-10(9)16)4-2-3-5(13)7(15)6(4)14/h2-3H,1H3,(H,19,20)(H2,16,17,18). The third kappa shape index (κ3) is 2.57. The number of methoxy groups -OCH3 is 1. The van der Waals surface area contributed by atoms with E-state index in [1.807, 2.05) is 0 Å². The molecule has 0 aliphatic rings. The molecular formula is C12H8ClF2N3O3. The normalized spacial score (nSPS) is 10.5. The van der Waals surface area contributed by atoms with Crippen molar-refractivity contribution in [2.24, 2.45) is 0 Å². The van der Waals surface area contributed by atoms with E-state index in [2.05, 4.69) is 9.97 Å². The number of aromatic nitrogens is 2. The first-order valence-corrected chi connectivity index (χ1v) is 5.83. The summed E-state index contributed by atoms with van der Waals surface area (Å²) >= 11 is 5.44. The lowest BCUT2D eigenvalue weighted by Gasteiger charge is -2.10. The second kappa shape index (κ2) is 5.49. The van der Waals surface area contributed by atoms with Gasteiger partial charge < -0.3 is 15.6 Å². The molecule has 0 saturated carbocycles. The summed E-state index contributed by atoms with van der Waals surface area (Å²) < 4.78 is 32.1. The van der Waals surface area contributed by atoms with Crippen molar-refractivity contribution in [3.05, 3.63) is 34.5 Å². The summed E-state index contributed by atoms with van der Waals surface area (Å²) in [6, 6.07) is 2.22. The number of anilines is 1. The zero-order valence-corrected chi connectivity index (χ0v) is 11.3. The number of benzene rings is 1. The molecule has 110 valence electrons. The smallest absolute Gasteiger partial charge is 0.358 e. The molecule has 0 fully saturated rings. The second-order valence-electron chi connectivity index (χ2n) is 3.84. The predicted octanol–water partition coefficient (Wildman–Crippen LogP) is 2.36. The van der Waals surface area contributed by atoms with Crippen LogP contribution in [0.3, 0.4) is 0 Å². The number of ether oxygens (including phenoxy) is 1. The molecule has 0 aliphatic carbocycles. The molecule has 2 aromatic rings. The quantitative estimate of drug-likeness (QED) is 0.844. The summed E-state index contributed by atoms with van der Waals surface area (Å²) in [6.07, 6.45) is 0. The van der Waals surface area contributed by atoms with Gasteiger partial charge in [0.1, 0.15) is 0 Å². The number of nitrogens with two attached hydrogens (primary N) is 1. The van der Waals surface area contributed by atoms with Crippen molar-refractivity contribution in [3.63, 3.8) is 0 Å². The molecule has 2 rings (SSSR count). The molecule has 1 aromatic heterocycles. The predicted molar refractivity (Wildman–Crippen MR) is 70.3 cm³/mol. The van der Waals surface area contributed by atoms with Crippen LogP contribution in [0.2, 0.25) is 5.02 Å². The Morgan fingerprint density at radius 3 is 2.57 bits per heavy atom. The Balaban J connectivity index is 2.71. The molecule has 0 spiro atoms. The minimum atomic E-state index is -1.45. The summed E-state index contributed by atoms with van der Waals surface area (Å²) in [6.45, 7) is 0. The zero-order valence-electron chi connectivity index (χ0n) is 10.5. The molecule has 1 heterocycles. The lowest BCUT2D eigenvalue weighted by atomic mass is 10.2. The average Bonchev–Trinajstić information content (AvgIpc) is 2.44. The van der Waals surface area contributed by atoms with Gasteiger partial charge in [0.15, 0.2) is 34.7 Å². The van der Waals surface area contributed by atoms with Crippen LogP contribution in [0.25, 0.3) is 11.4 Å². The maximum atomic E-state index is 13.8. The first-order chi connectivity index (χ1) is 9.86. The van der Waals surface area contributed by atoms with Crippen molar-refractivity contribution < 1.29 is 23.4 Å².